The van der Waals surface area contributed by atoms with Gasteiger partial charge in [0.1, 0.15) is 5.75 Å². The fraction of sp³-hybridized carbons (Fsp3) is 0.364. The zero-order chi connectivity index (χ0) is 20.2. The van der Waals surface area contributed by atoms with E-state index < -0.39 is 12.0 Å². The summed E-state index contributed by atoms with van der Waals surface area (Å²) in [4.78, 5) is 24.3. The number of carbonyl (C=O) groups is 2. The molecule has 0 radical (unpaired) electrons. The monoisotopic (exact) mass is 384 g/mol. The van der Waals surface area contributed by atoms with Crippen molar-refractivity contribution in [1.82, 2.24) is 5.32 Å². The molecule has 0 saturated carbocycles. The van der Waals surface area contributed by atoms with Crippen molar-refractivity contribution in [3.05, 3.63) is 59.7 Å². The Morgan fingerprint density at radius 3 is 2.43 bits per heavy atom. The molecule has 0 aliphatic carbocycles. The maximum Gasteiger partial charge on any atom is 0.340 e. The molecule has 2 aromatic rings. The second-order valence-corrected chi connectivity index (χ2v) is 6.35. The van der Waals surface area contributed by atoms with Gasteiger partial charge in [0.25, 0.3) is 0 Å². The molecule has 0 atom stereocenters. The van der Waals surface area contributed by atoms with Crippen LogP contribution in [0.25, 0.3) is 0 Å². The fourth-order valence-corrected chi connectivity index (χ4v) is 2.55. The molecule has 0 heterocycles. The Morgan fingerprint density at radius 1 is 0.964 bits per heavy atom. The van der Waals surface area contributed by atoms with Crippen LogP contribution in [0.3, 0.4) is 0 Å². The molecule has 2 rings (SSSR count). The summed E-state index contributed by atoms with van der Waals surface area (Å²) in [5, 5.41) is 5.28. The third-order valence-corrected chi connectivity index (χ3v) is 4.06. The molecule has 0 unspecified atom stereocenters. The fourth-order valence-electron chi connectivity index (χ4n) is 2.55. The summed E-state index contributed by atoms with van der Waals surface area (Å²) in [6.07, 6.45) is 3.87. The largest absolute Gasteiger partial charge is 0.473 e. The molecule has 2 amide bonds. The number of esters is 1. The summed E-state index contributed by atoms with van der Waals surface area (Å²) in [5.74, 6) is 0.229. The lowest BCUT2D eigenvalue weighted by molar-refractivity contribution is 0.0501. The smallest absolute Gasteiger partial charge is 0.340 e. The molecule has 28 heavy (non-hydrogen) atoms. The number of unbranched alkanes of at least 4 members (excludes halogenated alkanes) is 1. The summed E-state index contributed by atoms with van der Waals surface area (Å²) < 4.78 is 10.7. The molecule has 0 aliphatic rings. The van der Waals surface area contributed by atoms with Crippen LogP contribution in [-0.4, -0.2) is 25.3 Å². The van der Waals surface area contributed by atoms with Crippen LogP contribution in [0.5, 0.6) is 5.75 Å². The summed E-state index contributed by atoms with van der Waals surface area (Å²) in [7, 11) is 0. The third kappa shape index (κ3) is 6.95. The van der Waals surface area contributed by atoms with E-state index >= 15 is 0 Å². The predicted molar refractivity (Wildman–Crippen MR) is 110 cm³/mol. The highest BCUT2D eigenvalue weighted by Gasteiger charge is 2.14. The van der Waals surface area contributed by atoms with Crippen LogP contribution < -0.4 is 15.4 Å². The maximum absolute atomic E-state index is 12.2. The van der Waals surface area contributed by atoms with Gasteiger partial charge in [-0.25, -0.2) is 9.59 Å². The highest BCUT2D eigenvalue weighted by atomic mass is 16.5. The molecule has 0 aliphatic heterocycles. The zero-order valence-electron chi connectivity index (χ0n) is 16.5. The van der Waals surface area contributed by atoms with Crippen LogP contribution in [0.15, 0.2) is 48.5 Å². The number of benzene rings is 2. The van der Waals surface area contributed by atoms with Gasteiger partial charge in [0.15, 0.2) is 6.73 Å². The van der Waals surface area contributed by atoms with Crippen LogP contribution in [-0.2, 0) is 11.2 Å². The molecule has 0 fully saturated rings. The molecular formula is C22H28N2O4. The van der Waals surface area contributed by atoms with E-state index in [9.17, 15) is 9.59 Å². The first-order chi connectivity index (χ1) is 13.6. The Bertz CT molecular complexity index is 759. The van der Waals surface area contributed by atoms with E-state index in [0.29, 0.717) is 23.6 Å². The van der Waals surface area contributed by atoms with Crippen molar-refractivity contribution in [2.75, 3.05) is 18.7 Å². The zero-order valence-corrected chi connectivity index (χ0v) is 16.5. The maximum atomic E-state index is 12.2. The Hall–Kier alpha value is -3.02. The van der Waals surface area contributed by atoms with Crippen molar-refractivity contribution in [3.63, 3.8) is 0 Å². The Labute approximate surface area is 166 Å². The molecule has 0 bridgehead atoms. The molecule has 2 aromatic carbocycles. The van der Waals surface area contributed by atoms with Gasteiger partial charge < -0.3 is 20.1 Å². The number of aryl methyl sites for hydroxylation is 1. The van der Waals surface area contributed by atoms with E-state index in [2.05, 4.69) is 17.6 Å². The van der Waals surface area contributed by atoms with Crippen molar-refractivity contribution in [2.24, 2.45) is 0 Å². The second-order valence-electron chi connectivity index (χ2n) is 6.35. The minimum Gasteiger partial charge on any atom is -0.473 e. The number of ether oxygens (including phenoxy) is 2. The number of nitrogens with one attached hydrogen (secondary N) is 2. The first-order valence-corrected chi connectivity index (χ1v) is 9.66. The van der Waals surface area contributed by atoms with Gasteiger partial charge >= 0.3 is 12.0 Å². The Morgan fingerprint density at radius 2 is 1.71 bits per heavy atom. The minimum absolute atomic E-state index is 0.0159. The molecule has 0 spiro atoms. The van der Waals surface area contributed by atoms with Crippen LogP contribution in [0, 0.1) is 0 Å². The number of urea groups is 1. The van der Waals surface area contributed by atoms with Crippen molar-refractivity contribution in [2.45, 2.75) is 39.5 Å². The average Bonchev–Trinajstić information content (AvgIpc) is 2.70. The van der Waals surface area contributed by atoms with E-state index in [1.807, 2.05) is 31.2 Å². The van der Waals surface area contributed by atoms with Crippen LogP contribution in [0.2, 0.25) is 0 Å². The highest BCUT2D eigenvalue weighted by Crippen LogP contribution is 2.16. The molecule has 2 N–H and O–H groups in total. The van der Waals surface area contributed by atoms with E-state index in [4.69, 9.17) is 9.47 Å². The summed E-state index contributed by atoms with van der Waals surface area (Å²) in [6.45, 7) is 4.54. The Balaban J connectivity index is 1.83. The van der Waals surface area contributed by atoms with Crippen LogP contribution in [0.1, 0.15) is 49.0 Å². The molecule has 150 valence electrons. The van der Waals surface area contributed by atoms with Gasteiger partial charge in [-0.1, -0.05) is 51.0 Å². The van der Waals surface area contributed by atoms with Crippen molar-refractivity contribution in [1.29, 1.82) is 0 Å². The first kappa shape index (κ1) is 21.3. The quantitative estimate of drug-likeness (QED) is 0.352. The molecule has 6 heteroatoms. The number of rotatable bonds is 10. The van der Waals surface area contributed by atoms with Crippen molar-refractivity contribution >= 4 is 17.7 Å². The van der Waals surface area contributed by atoms with E-state index in [1.165, 1.54) is 5.56 Å². The predicted octanol–water partition coefficient (Wildman–Crippen LogP) is 4.75. The van der Waals surface area contributed by atoms with Gasteiger partial charge in [0.05, 0.1) is 17.9 Å². The third-order valence-electron chi connectivity index (χ3n) is 4.06. The van der Waals surface area contributed by atoms with Gasteiger partial charge in [-0.3, -0.25) is 0 Å². The number of anilines is 1. The van der Waals surface area contributed by atoms with E-state index in [-0.39, 0.29) is 6.73 Å². The minimum atomic E-state index is -0.462. The van der Waals surface area contributed by atoms with Crippen LogP contribution >= 0.6 is 0 Å². The molecule has 6 nitrogen and oxygen atoms in total. The van der Waals surface area contributed by atoms with E-state index in [1.54, 1.807) is 24.3 Å². The summed E-state index contributed by atoms with van der Waals surface area (Å²) in [6, 6.07) is 14.1. The summed E-state index contributed by atoms with van der Waals surface area (Å²) in [5.41, 5.74) is 1.97. The van der Waals surface area contributed by atoms with Gasteiger partial charge in [-0.2, -0.15) is 0 Å². The molecule has 0 saturated heterocycles. The number of amides is 2. The standard InChI is InChI=1S/C22H28N2O4/c1-3-5-15-27-21(25)19-9-6-7-10-20(19)24-22(26)23-16-28-18-13-11-17(8-4-2)12-14-18/h6-7,9-14H,3-5,8,15-16H2,1-2H3,(H2,23,24,26). The van der Waals surface area contributed by atoms with Crippen LogP contribution in [0.4, 0.5) is 10.5 Å². The topological polar surface area (TPSA) is 76.7 Å². The lowest BCUT2D eigenvalue weighted by atomic mass is 10.1. The summed E-state index contributed by atoms with van der Waals surface area (Å²) >= 11 is 0. The second kappa shape index (κ2) is 11.6. The lowest BCUT2D eigenvalue weighted by Gasteiger charge is -2.12. The van der Waals surface area contributed by atoms with Gasteiger partial charge in [0.2, 0.25) is 0 Å². The number of hydrogen-bond acceptors (Lipinski definition) is 4. The normalized spacial score (nSPS) is 10.2. The number of para-hydroxylation sites is 1. The number of carbonyl (C=O) groups excluding carboxylic acids is 2. The highest BCUT2D eigenvalue weighted by molar-refractivity contribution is 6.00. The lowest BCUT2D eigenvalue weighted by Crippen LogP contribution is -2.32. The van der Waals surface area contributed by atoms with Gasteiger partial charge in [-0.05, 0) is 42.7 Å². The van der Waals surface area contributed by atoms with Crippen molar-refractivity contribution < 1.29 is 19.1 Å². The SMILES string of the molecule is CCCCOC(=O)c1ccccc1NC(=O)NCOc1ccc(CCC)cc1. The Kier molecular flexibility index (Phi) is 8.85. The molecule has 0 aromatic heterocycles. The van der Waals surface area contributed by atoms with Crippen molar-refractivity contribution in [3.8, 4) is 5.75 Å². The van der Waals surface area contributed by atoms with Gasteiger partial charge in [-0.15, -0.1) is 0 Å². The van der Waals surface area contributed by atoms with Gasteiger partial charge in [0, 0.05) is 0 Å². The van der Waals surface area contributed by atoms with E-state index in [0.717, 1.165) is 25.7 Å². The number of hydrogen-bond donors (Lipinski definition) is 2. The first-order valence-electron chi connectivity index (χ1n) is 9.66. The molecular weight excluding hydrogens is 356 g/mol. The average molecular weight is 384 g/mol.